The molecular weight excluding hydrogens is 218 g/mol. The normalized spacial score (nSPS) is 14.4. The van der Waals surface area contributed by atoms with Gasteiger partial charge in [0.25, 0.3) is 0 Å². The first-order valence-corrected chi connectivity index (χ1v) is 4.94. The summed E-state index contributed by atoms with van der Waals surface area (Å²) in [6, 6.07) is 5.68. The standard InChI is InChI=1S/C10H11N7/c1-8-4-6-12-10(7-8)15-17-14-9(13-16-17)3-2-5-11/h2-4,6-7,16H,1H3,(H,12,15)(H,13,14). The van der Waals surface area contributed by atoms with Crippen LogP contribution in [-0.2, 0) is 0 Å². The topological polar surface area (TPSA) is 88.4 Å². The average molecular weight is 229 g/mol. The molecule has 0 unspecified atom stereocenters. The van der Waals surface area contributed by atoms with Crippen LogP contribution in [-0.4, -0.2) is 16.0 Å². The van der Waals surface area contributed by atoms with Crippen molar-refractivity contribution >= 4 is 11.7 Å². The third-order valence-electron chi connectivity index (χ3n) is 1.95. The molecule has 0 amide bonds. The minimum absolute atomic E-state index is 0.534. The fourth-order valence-electron chi connectivity index (χ4n) is 1.22. The lowest BCUT2D eigenvalue weighted by atomic mass is 10.3. The van der Waals surface area contributed by atoms with Crippen LogP contribution in [0.25, 0.3) is 0 Å². The van der Waals surface area contributed by atoms with Crippen LogP contribution in [0.2, 0.25) is 0 Å². The molecule has 2 rings (SSSR count). The molecular formula is C10H11N7. The minimum Gasteiger partial charge on any atom is -0.283 e. The second-order valence-corrected chi connectivity index (χ2v) is 3.33. The van der Waals surface area contributed by atoms with Crippen LogP contribution in [0.15, 0.2) is 35.6 Å². The van der Waals surface area contributed by atoms with Crippen LogP contribution in [0.4, 0.5) is 5.82 Å². The first kappa shape index (κ1) is 10.9. The van der Waals surface area contributed by atoms with E-state index in [1.54, 1.807) is 12.3 Å². The number of allylic oxidation sites excluding steroid dienone is 1. The van der Waals surface area contributed by atoms with Gasteiger partial charge in [0, 0.05) is 12.3 Å². The van der Waals surface area contributed by atoms with E-state index < -0.39 is 0 Å². The van der Waals surface area contributed by atoms with E-state index in [4.69, 9.17) is 5.26 Å². The van der Waals surface area contributed by atoms with E-state index in [0.717, 1.165) is 5.56 Å². The highest BCUT2D eigenvalue weighted by Crippen LogP contribution is 2.06. The summed E-state index contributed by atoms with van der Waals surface area (Å²) in [5.41, 5.74) is 9.56. The summed E-state index contributed by atoms with van der Waals surface area (Å²) in [5.74, 6) is 1.21. The Balaban J connectivity index is 2.00. The highest BCUT2D eigenvalue weighted by molar-refractivity contribution is 5.93. The maximum absolute atomic E-state index is 8.38. The monoisotopic (exact) mass is 229 g/mol. The molecule has 86 valence electrons. The Morgan fingerprint density at radius 3 is 3.24 bits per heavy atom. The van der Waals surface area contributed by atoms with Crippen molar-refractivity contribution in [3.63, 3.8) is 0 Å². The first-order valence-electron chi connectivity index (χ1n) is 4.94. The minimum atomic E-state index is 0.534. The zero-order chi connectivity index (χ0) is 12.1. The molecule has 0 radical (unpaired) electrons. The molecule has 0 atom stereocenters. The number of aromatic nitrogens is 1. The van der Waals surface area contributed by atoms with E-state index >= 15 is 0 Å². The van der Waals surface area contributed by atoms with Gasteiger partial charge in [0.05, 0.1) is 6.07 Å². The molecule has 1 aliphatic rings. The highest BCUT2D eigenvalue weighted by atomic mass is 16.0. The molecule has 2 heterocycles. The number of anilines is 1. The zero-order valence-electron chi connectivity index (χ0n) is 9.18. The molecule has 7 heteroatoms. The third-order valence-corrected chi connectivity index (χ3v) is 1.95. The van der Waals surface area contributed by atoms with Crippen LogP contribution in [0.5, 0.6) is 0 Å². The summed E-state index contributed by atoms with van der Waals surface area (Å²) >= 11 is 0. The van der Waals surface area contributed by atoms with Gasteiger partial charge in [-0.2, -0.15) is 5.26 Å². The fourth-order valence-corrected chi connectivity index (χ4v) is 1.22. The number of hydrogen-bond acceptors (Lipinski definition) is 7. The van der Waals surface area contributed by atoms with Crippen molar-refractivity contribution in [3.8, 4) is 6.07 Å². The molecule has 1 aromatic heterocycles. The molecule has 7 nitrogen and oxygen atoms in total. The smallest absolute Gasteiger partial charge is 0.166 e. The van der Waals surface area contributed by atoms with E-state index in [1.165, 1.54) is 11.3 Å². The van der Waals surface area contributed by atoms with E-state index in [0.29, 0.717) is 11.7 Å². The van der Waals surface area contributed by atoms with E-state index in [1.807, 2.05) is 25.1 Å². The predicted octanol–water partition coefficient (Wildman–Crippen LogP) is 0.435. The molecule has 1 aliphatic heterocycles. The van der Waals surface area contributed by atoms with Crippen LogP contribution in [0.3, 0.4) is 0 Å². The van der Waals surface area contributed by atoms with E-state index in [9.17, 15) is 0 Å². The maximum atomic E-state index is 8.38. The summed E-state index contributed by atoms with van der Waals surface area (Å²) < 4.78 is 0. The molecule has 0 saturated carbocycles. The molecule has 0 fully saturated rings. The number of hydrazone groups is 1. The number of nitrogens with one attached hydrogen (secondary N) is 3. The van der Waals surface area contributed by atoms with Crippen molar-refractivity contribution in [2.45, 2.75) is 6.92 Å². The number of nitrogens with zero attached hydrogens (tertiary/aromatic N) is 4. The SMILES string of the molecule is Cc1ccnc(NN2N=C(C=CC#N)NN2)c1. The number of rotatable bonds is 3. The average Bonchev–Trinajstić information content (AvgIpc) is 2.74. The van der Waals surface area contributed by atoms with E-state index in [2.05, 4.69) is 26.5 Å². The van der Waals surface area contributed by atoms with Gasteiger partial charge < -0.3 is 0 Å². The Kier molecular flexibility index (Phi) is 3.18. The van der Waals surface area contributed by atoms with Crippen molar-refractivity contribution in [1.29, 1.82) is 5.26 Å². The molecule has 0 aliphatic carbocycles. The second kappa shape index (κ2) is 4.96. The molecule has 0 saturated heterocycles. The number of amidine groups is 1. The Bertz CT molecular complexity index is 500. The van der Waals surface area contributed by atoms with Gasteiger partial charge in [0.15, 0.2) is 5.84 Å². The van der Waals surface area contributed by atoms with Gasteiger partial charge in [-0.05, 0) is 30.7 Å². The lowest BCUT2D eigenvalue weighted by molar-refractivity contribution is 0.254. The van der Waals surface area contributed by atoms with Gasteiger partial charge in [-0.3, -0.25) is 5.43 Å². The lowest BCUT2D eigenvalue weighted by Gasteiger charge is -2.14. The Hall–Kier alpha value is -2.59. The van der Waals surface area contributed by atoms with Gasteiger partial charge in [-0.15, -0.1) is 15.9 Å². The summed E-state index contributed by atoms with van der Waals surface area (Å²) in [5, 5.41) is 13.8. The molecule has 3 N–H and O–H groups in total. The maximum Gasteiger partial charge on any atom is 0.166 e. The Labute approximate surface area is 98.4 Å². The van der Waals surface area contributed by atoms with Crippen LogP contribution in [0, 0.1) is 18.3 Å². The van der Waals surface area contributed by atoms with Gasteiger partial charge in [-0.1, -0.05) is 0 Å². The van der Waals surface area contributed by atoms with Crippen LogP contribution in [0.1, 0.15) is 5.56 Å². The largest absolute Gasteiger partial charge is 0.283 e. The van der Waals surface area contributed by atoms with E-state index in [-0.39, 0.29) is 0 Å². The summed E-state index contributed by atoms with van der Waals surface area (Å²) in [6.45, 7) is 1.98. The van der Waals surface area contributed by atoms with Crippen molar-refractivity contribution in [3.05, 3.63) is 36.0 Å². The van der Waals surface area contributed by atoms with Crippen molar-refractivity contribution in [1.82, 2.24) is 21.2 Å². The Morgan fingerprint density at radius 2 is 2.47 bits per heavy atom. The van der Waals surface area contributed by atoms with Crippen molar-refractivity contribution in [2.24, 2.45) is 5.10 Å². The van der Waals surface area contributed by atoms with Gasteiger partial charge >= 0.3 is 0 Å². The third kappa shape index (κ3) is 2.93. The second-order valence-electron chi connectivity index (χ2n) is 3.33. The van der Waals surface area contributed by atoms with Crippen LogP contribution >= 0.6 is 0 Å². The summed E-state index contributed by atoms with van der Waals surface area (Å²) in [4.78, 5) is 4.13. The van der Waals surface area contributed by atoms with Crippen molar-refractivity contribution in [2.75, 3.05) is 5.43 Å². The summed E-state index contributed by atoms with van der Waals surface area (Å²) in [7, 11) is 0. The number of nitriles is 1. The zero-order valence-corrected chi connectivity index (χ0v) is 9.18. The first-order chi connectivity index (χ1) is 8.28. The number of aryl methyl sites for hydroxylation is 1. The molecule has 17 heavy (non-hydrogen) atoms. The lowest BCUT2D eigenvalue weighted by Crippen LogP contribution is -2.41. The molecule has 1 aromatic rings. The number of pyridine rings is 1. The number of hydrogen-bond donors (Lipinski definition) is 3. The van der Waals surface area contributed by atoms with Crippen LogP contribution < -0.4 is 16.4 Å². The van der Waals surface area contributed by atoms with Gasteiger partial charge in [0.1, 0.15) is 5.82 Å². The molecule has 0 bridgehead atoms. The predicted molar refractivity (Wildman–Crippen MR) is 62.9 cm³/mol. The van der Waals surface area contributed by atoms with Crippen molar-refractivity contribution < 1.29 is 0 Å². The molecule has 0 spiro atoms. The quantitative estimate of drug-likeness (QED) is 0.652. The fraction of sp³-hybridized carbons (Fsp3) is 0.100. The van der Waals surface area contributed by atoms with Gasteiger partial charge in [-0.25, -0.2) is 10.4 Å². The number of hydrazine groups is 3. The summed E-state index contributed by atoms with van der Waals surface area (Å²) in [6.07, 6.45) is 4.60. The highest BCUT2D eigenvalue weighted by Gasteiger charge is 2.10. The molecule has 0 aromatic carbocycles. The Morgan fingerprint density at radius 1 is 1.59 bits per heavy atom. The van der Waals surface area contributed by atoms with Gasteiger partial charge in [0.2, 0.25) is 0 Å².